The second-order valence-electron chi connectivity index (χ2n) is 4.43. The normalized spacial score (nSPS) is 13.3. The van der Waals surface area contributed by atoms with Crippen molar-refractivity contribution in [2.24, 2.45) is 0 Å². The fraction of sp³-hybridized carbons (Fsp3) is 0.308. The Morgan fingerprint density at radius 2 is 2.05 bits per heavy atom. The molecule has 0 bridgehead atoms. The van der Waals surface area contributed by atoms with E-state index in [4.69, 9.17) is 0 Å². The van der Waals surface area contributed by atoms with Crippen molar-refractivity contribution in [1.82, 2.24) is 15.0 Å². The molecule has 1 atom stereocenters. The van der Waals surface area contributed by atoms with Crippen LogP contribution in [0, 0.1) is 0 Å². The quantitative estimate of drug-likeness (QED) is 0.855. The van der Waals surface area contributed by atoms with Crippen LogP contribution in [0.2, 0.25) is 0 Å². The summed E-state index contributed by atoms with van der Waals surface area (Å²) in [6.07, 6.45) is 3.30. The van der Waals surface area contributed by atoms with Crippen LogP contribution in [0.25, 0.3) is 0 Å². The second kappa shape index (κ2) is 6.45. The predicted octanol–water partition coefficient (Wildman–Crippen LogP) is 1.90. The van der Waals surface area contributed by atoms with Crippen molar-refractivity contribution in [3.05, 3.63) is 47.1 Å². The first-order valence-electron chi connectivity index (χ1n) is 6.17. The van der Waals surface area contributed by atoms with E-state index in [0.717, 1.165) is 11.1 Å². The third-order valence-electron chi connectivity index (χ3n) is 2.81. The lowest BCUT2D eigenvalue weighted by Crippen LogP contribution is -2.26. The topological polar surface area (TPSA) is 71.1 Å². The van der Waals surface area contributed by atoms with Crippen molar-refractivity contribution in [1.29, 1.82) is 0 Å². The zero-order valence-electron chi connectivity index (χ0n) is 11.3. The zero-order valence-corrected chi connectivity index (χ0v) is 13.0. The SMILES string of the molecule is CNCc1csc(S(=O)(=O)NC(C)c2ccncc2)c1. The van der Waals surface area contributed by atoms with Crippen LogP contribution in [-0.4, -0.2) is 20.4 Å². The van der Waals surface area contributed by atoms with E-state index in [-0.39, 0.29) is 6.04 Å². The number of hydrogen-bond donors (Lipinski definition) is 2. The van der Waals surface area contributed by atoms with Crippen molar-refractivity contribution < 1.29 is 8.42 Å². The van der Waals surface area contributed by atoms with Crippen LogP contribution in [0.1, 0.15) is 24.1 Å². The van der Waals surface area contributed by atoms with Gasteiger partial charge in [-0.1, -0.05) is 0 Å². The lowest BCUT2D eigenvalue weighted by molar-refractivity contribution is 0.569. The van der Waals surface area contributed by atoms with E-state index in [1.807, 2.05) is 19.4 Å². The van der Waals surface area contributed by atoms with Crippen LogP contribution in [0.5, 0.6) is 0 Å². The smallest absolute Gasteiger partial charge is 0.250 e. The Labute approximate surface area is 123 Å². The molecule has 20 heavy (non-hydrogen) atoms. The van der Waals surface area contributed by atoms with Gasteiger partial charge in [-0.3, -0.25) is 4.98 Å². The molecule has 2 aromatic rings. The summed E-state index contributed by atoms with van der Waals surface area (Å²) in [5.74, 6) is 0. The van der Waals surface area contributed by atoms with Crippen LogP contribution in [0.3, 0.4) is 0 Å². The number of hydrogen-bond acceptors (Lipinski definition) is 5. The molecule has 2 heterocycles. The van der Waals surface area contributed by atoms with Gasteiger partial charge in [0.2, 0.25) is 0 Å². The fourth-order valence-corrected chi connectivity index (χ4v) is 4.26. The molecule has 0 amide bonds. The van der Waals surface area contributed by atoms with E-state index in [2.05, 4.69) is 15.0 Å². The molecule has 2 aromatic heterocycles. The minimum Gasteiger partial charge on any atom is -0.316 e. The van der Waals surface area contributed by atoms with E-state index < -0.39 is 10.0 Å². The molecule has 108 valence electrons. The van der Waals surface area contributed by atoms with Crippen molar-refractivity contribution in [2.75, 3.05) is 7.05 Å². The maximum absolute atomic E-state index is 12.3. The van der Waals surface area contributed by atoms with Gasteiger partial charge in [-0.2, -0.15) is 0 Å². The van der Waals surface area contributed by atoms with Gasteiger partial charge in [0, 0.05) is 25.0 Å². The molecule has 0 fully saturated rings. The number of aromatic nitrogens is 1. The summed E-state index contributed by atoms with van der Waals surface area (Å²) in [6, 6.07) is 5.00. The van der Waals surface area contributed by atoms with Gasteiger partial charge in [0.25, 0.3) is 10.0 Å². The van der Waals surface area contributed by atoms with Gasteiger partial charge < -0.3 is 5.32 Å². The minimum atomic E-state index is -3.48. The molecule has 0 saturated carbocycles. The lowest BCUT2D eigenvalue weighted by Gasteiger charge is -2.13. The number of nitrogens with zero attached hydrogens (tertiary/aromatic N) is 1. The molecule has 0 saturated heterocycles. The van der Waals surface area contributed by atoms with Crippen molar-refractivity contribution in [3.63, 3.8) is 0 Å². The summed E-state index contributed by atoms with van der Waals surface area (Å²) in [5.41, 5.74) is 1.85. The molecular formula is C13H17N3O2S2. The minimum absolute atomic E-state index is 0.294. The standard InChI is InChI=1S/C13H17N3O2S2/c1-10(12-3-5-15-6-4-12)16-20(17,18)13-7-11(8-14-2)9-19-13/h3-7,9-10,14,16H,8H2,1-2H3. The van der Waals surface area contributed by atoms with Crippen LogP contribution in [-0.2, 0) is 16.6 Å². The molecule has 0 spiro atoms. The highest BCUT2D eigenvalue weighted by Crippen LogP contribution is 2.22. The summed E-state index contributed by atoms with van der Waals surface area (Å²) in [6.45, 7) is 2.47. The van der Waals surface area contributed by atoms with Gasteiger partial charge in [-0.05, 0) is 48.7 Å². The van der Waals surface area contributed by atoms with Crippen molar-refractivity contribution in [2.45, 2.75) is 23.7 Å². The summed E-state index contributed by atoms with van der Waals surface area (Å²) in [5, 5.41) is 4.85. The summed E-state index contributed by atoms with van der Waals surface area (Å²) < 4.78 is 27.6. The van der Waals surface area contributed by atoms with Crippen molar-refractivity contribution in [3.8, 4) is 0 Å². The molecule has 0 aromatic carbocycles. The molecule has 0 aliphatic carbocycles. The summed E-state index contributed by atoms with van der Waals surface area (Å²) in [4.78, 5) is 3.92. The largest absolute Gasteiger partial charge is 0.316 e. The van der Waals surface area contributed by atoms with Crippen LogP contribution < -0.4 is 10.0 Å². The van der Waals surface area contributed by atoms with Crippen molar-refractivity contribution >= 4 is 21.4 Å². The predicted molar refractivity (Wildman–Crippen MR) is 80.1 cm³/mol. The van der Waals surface area contributed by atoms with Crippen LogP contribution >= 0.6 is 11.3 Å². The maximum Gasteiger partial charge on any atom is 0.250 e. The maximum atomic E-state index is 12.3. The third kappa shape index (κ3) is 3.63. The lowest BCUT2D eigenvalue weighted by atomic mass is 10.1. The average Bonchev–Trinajstić information content (AvgIpc) is 2.89. The third-order valence-corrected chi connectivity index (χ3v) is 5.84. The number of thiophene rings is 1. The van der Waals surface area contributed by atoms with Gasteiger partial charge >= 0.3 is 0 Å². The molecule has 7 heteroatoms. The molecular weight excluding hydrogens is 294 g/mol. The Morgan fingerprint density at radius 1 is 1.35 bits per heavy atom. The molecule has 5 nitrogen and oxygen atoms in total. The number of pyridine rings is 1. The first kappa shape index (κ1) is 15.1. The summed E-state index contributed by atoms with van der Waals surface area (Å²) >= 11 is 1.23. The first-order valence-corrected chi connectivity index (χ1v) is 8.53. The molecule has 2 N–H and O–H groups in total. The first-order chi connectivity index (χ1) is 9.53. The van der Waals surface area contributed by atoms with Gasteiger partial charge in [0.05, 0.1) is 0 Å². The monoisotopic (exact) mass is 311 g/mol. The van der Waals surface area contributed by atoms with E-state index in [1.54, 1.807) is 30.6 Å². The number of nitrogens with one attached hydrogen (secondary N) is 2. The Balaban J connectivity index is 2.14. The molecule has 2 rings (SSSR count). The van der Waals surface area contributed by atoms with Crippen LogP contribution in [0.4, 0.5) is 0 Å². The number of sulfonamides is 1. The highest BCUT2D eigenvalue weighted by Gasteiger charge is 2.20. The highest BCUT2D eigenvalue weighted by molar-refractivity contribution is 7.91. The molecule has 0 aliphatic heterocycles. The Hall–Kier alpha value is -1.28. The fourth-order valence-electron chi connectivity index (χ4n) is 1.80. The number of rotatable bonds is 6. The zero-order chi connectivity index (χ0) is 14.6. The average molecular weight is 311 g/mol. The molecule has 0 aliphatic rings. The van der Waals surface area contributed by atoms with Crippen LogP contribution in [0.15, 0.2) is 40.2 Å². The highest BCUT2D eigenvalue weighted by atomic mass is 32.2. The second-order valence-corrected chi connectivity index (χ2v) is 7.28. The summed E-state index contributed by atoms with van der Waals surface area (Å²) in [7, 11) is -1.66. The van der Waals surface area contributed by atoms with E-state index in [1.165, 1.54) is 11.3 Å². The van der Waals surface area contributed by atoms with E-state index in [0.29, 0.717) is 10.8 Å². The Bertz CT molecular complexity index is 653. The van der Waals surface area contributed by atoms with E-state index >= 15 is 0 Å². The molecule has 0 radical (unpaired) electrons. The Morgan fingerprint density at radius 3 is 2.70 bits per heavy atom. The molecule has 1 unspecified atom stereocenters. The van der Waals surface area contributed by atoms with Gasteiger partial charge in [-0.15, -0.1) is 11.3 Å². The van der Waals surface area contributed by atoms with Gasteiger partial charge in [0.1, 0.15) is 4.21 Å². The Kier molecular flexibility index (Phi) is 4.87. The van der Waals surface area contributed by atoms with Gasteiger partial charge in [-0.25, -0.2) is 13.1 Å². The van der Waals surface area contributed by atoms with E-state index in [9.17, 15) is 8.42 Å². The van der Waals surface area contributed by atoms with Gasteiger partial charge in [0.15, 0.2) is 0 Å².